The van der Waals surface area contributed by atoms with Gasteiger partial charge in [-0.15, -0.1) is 0 Å². The largest absolute Gasteiger partial charge is 0.454 e. The van der Waals surface area contributed by atoms with Gasteiger partial charge >= 0.3 is 0 Å². The van der Waals surface area contributed by atoms with Gasteiger partial charge < -0.3 is 20.1 Å². The lowest BCUT2D eigenvalue weighted by Gasteiger charge is -2.19. The van der Waals surface area contributed by atoms with Crippen LogP contribution in [0.4, 0.5) is 0 Å². The van der Waals surface area contributed by atoms with Crippen LogP contribution < -0.4 is 20.1 Å². The van der Waals surface area contributed by atoms with Gasteiger partial charge in [0.2, 0.25) is 18.6 Å². The minimum absolute atomic E-state index is 0.0840. The quantitative estimate of drug-likeness (QED) is 0.826. The maximum Gasteiger partial charge on any atom is 0.242 e. The Morgan fingerprint density at radius 2 is 2.17 bits per heavy atom. The lowest BCUT2D eigenvalue weighted by Crippen LogP contribution is -2.48. The number of ether oxygens (including phenoxy) is 2. The molecule has 1 aromatic rings. The fourth-order valence-corrected chi connectivity index (χ4v) is 2.97. The molecule has 7 heteroatoms. The Morgan fingerprint density at radius 1 is 1.33 bits per heavy atom. The third-order valence-corrected chi connectivity index (χ3v) is 4.17. The van der Waals surface area contributed by atoms with Crippen LogP contribution in [0.15, 0.2) is 18.2 Å². The van der Waals surface area contributed by atoms with Crippen molar-refractivity contribution in [3.63, 3.8) is 0 Å². The van der Waals surface area contributed by atoms with Crippen LogP contribution in [0.2, 0.25) is 0 Å². The first-order chi connectivity index (χ1) is 11.6. The Hall–Kier alpha value is -2.28. The number of carbonyl (C=O) groups excluding carboxylic acids is 2. The molecule has 0 unspecified atom stereocenters. The van der Waals surface area contributed by atoms with Gasteiger partial charge in [0, 0.05) is 13.1 Å². The molecule has 1 saturated heterocycles. The van der Waals surface area contributed by atoms with Crippen LogP contribution in [0.1, 0.15) is 24.8 Å². The molecule has 0 bridgehead atoms. The van der Waals surface area contributed by atoms with Crippen molar-refractivity contribution in [2.24, 2.45) is 0 Å². The van der Waals surface area contributed by atoms with Gasteiger partial charge in [-0.25, -0.2) is 0 Å². The summed E-state index contributed by atoms with van der Waals surface area (Å²) in [4.78, 5) is 26.0. The zero-order valence-electron chi connectivity index (χ0n) is 13.8. The molecule has 2 aliphatic heterocycles. The van der Waals surface area contributed by atoms with Gasteiger partial charge in [-0.1, -0.05) is 6.07 Å². The highest BCUT2D eigenvalue weighted by atomic mass is 16.7. The average Bonchev–Trinajstić information content (AvgIpc) is 2.91. The van der Waals surface area contributed by atoms with Gasteiger partial charge in [0.05, 0.1) is 6.54 Å². The number of hydrogen-bond acceptors (Lipinski definition) is 5. The molecule has 1 atom stereocenters. The molecule has 3 rings (SSSR count). The standard InChI is InChI=1S/C17H23N3O4/c1-20(9-12-5-6-14-15(8-12)24-11-23-14)10-16(21)19-13-4-2-3-7-18-17(13)22/h5-6,8,13H,2-4,7,9-11H2,1H3,(H,18,22)(H,19,21)/t13-/m1/s1. The third-order valence-electron chi connectivity index (χ3n) is 4.17. The van der Waals surface area contributed by atoms with E-state index in [2.05, 4.69) is 10.6 Å². The highest BCUT2D eigenvalue weighted by Crippen LogP contribution is 2.32. The van der Waals surface area contributed by atoms with Gasteiger partial charge in [0.15, 0.2) is 11.5 Å². The van der Waals surface area contributed by atoms with Crippen molar-refractivity contribution >= 4 is 11.8 Å². The monoisotopic (exact) mass is 333 g/mol. The minimum Gasteiger partial charge on any atom is -0.454 e. The average molecular weight is 333 g/mol. The first kappa shape index (κ1) is 16.6. The van der Waals surface area contributed by atoms with Crippen LogP contribution in [-0.2, 0) is 16.1 Å². The first-order valence-corrected chi connectivity index (χ1v) is 8.26. The fraction of sp³-hybridized carbons (Fsp3) is 0.529. The second kappa shape index (κ2) is 7.53. The Kier molecular flexibility index (Phi) is 5.20. The number of hydrogen-bond donors (Lipinski definition) is 2. The van der Waals surface area contributed by atoms with E-state index in [-0.39, 0.29) is 25.2 Å². The smallest absolute Gasteiger partial charge is 0.242 e. The van der Waals surface area contributed by atoms with Gasteiger partial charge in [-0.3, -0.25) is 14.5 Å². The summed E-state index contributed by atoms with van der Waals surface area (Å²) in [6.45, 7) is 1.79. The predicted molar refractivity (Wildman–Crippen MR) is 87.7 cm³/mol. The molecule has 130 valence electrons. The molecule has 0 aliphatic carbocycles. The molecule has 2 heterocycles. The van der Waals surface area contributed by atoms with E-state index in [1.54, 1.807) is 0 Å². The zero-order chi connectivity index (χ0) is 16.9. The molecule has 0 radical (unpaired) electrons. The number of amides is 2. The van der Waals surface area contributed by atoms with Gasteiger partial charge in [0.25, 0.3) is 0 Å². The molecule has 1 aromatic carbocycles. The van der Waals surface area contributed by atoms with Gasteiger partial charge in [-0.2, -0.15) is 0 Å². The number of likely N-dealkylation sites (N-methyl/N-ethyl adjacent to an activating group) is 1. The maximum absolute atomic E-state index is 12.2. The molecule has 2 N–H and O–H groups in total. The third kappa shape index (κ3) is 4.17. The number of benzene rings is 1. The van der Waals surface area contributed by atoms with Crippen LogP contribution >= 0.6 is 0 Å². The van der Waals surface area contributed by atoms with E-state index in [4.69, 9.17) is 9.47 Å². The van der Waals surface area contributed by atoms with Crippen LogP contribution in [0.25, 0.3) is 0 Å². The van der Waals surface area contributed by atoms with Crippen molar-refractivity contribution < 1.29 is 19.1 Å². The molecule has 0 spiro atoms. The molecule has 1 fully saturated rings. The number of rotatable bonds is 5. The fourth-order valence-electron chi connectivity index (χ4n) is 2.97. The summed E-state index contributed by atoms with van der Waals surface area (Å²) in [5.74, 6) is 1.26. The Balaban J connectivity index is 1.49. The summed E-state index contributed by atoms with van der Waals surface area (Å²) in [7, 11) is 1.87. The highest BCUT2D eigenvalue weighted by Gasteiger charge is 2.22. The molecular weight excluding hydrogens is 310 g/mol. The van der Waals surface area contributed by atoms with E-state index >= 15 is 0 Å². The maximum atomic E-state index is 12.2. The van der Waals surface area contributed by atoms with Crippen LogP contribution in [-0.4, -0.2) is 49.7 Å². The van der Waals surface area contributed by atoms with E-state index in [0.29, 0.717) is 19.5 Å². The van der Waals surface area contributed by atoms with Crippen molar-refractivity contribution in [3.8, 4) is 11.5 Å². The number of nitrogens with zero attached hydrogens (tertiary/aromatic N) is 1. The van der Waals surface area contributed by atoms with Crippen LogP contribution in [0, 0.1) is 0 Å². The molecular formula is C17H23N3O4. The highest BCUT2D eigenvalue weighted by molar-refractivity contribution is 5.88. The second-order valence-corrected chi connectivity index (χ2v) is 6.27. The molecule has 2 amide bonds. The topological polar surface area (TPSA) is 79.9 Å². The van der Waals surface area contributed by atoms with E-state index < -0.39 is 6.04 Å². The lowest BCUT2D eigenvalue weighted by molar-refractivity contribution is -0.129. The minimum atomic E-state index is -0.418. The van der Waals surface area contributed by atoms with Gasteiger partial charge in [-0.05, 0) is 44.0 Å². The summed E-state index contributed by atoms with van der Waals surface area (Å²) in [6.07, 6.45) is 2.60. The summed E-state index contributed by atoms with van der Waals surface area (Å²) in [5, 5.41) is 5.65. The van der Waals surface area contributed by atoms with Crippen LogP contribution in [0.5, 0.6) is 11.5 Å². The Morgan fingerprint density at radius 3 is 3.04 bits per heavy atom. The molecule has 0 aromatic heterocycles. The molecule has 0 saturated carbocycles. The second-order valence-electron chi connectivity index (χ2n) is 6.27. The van der Waals surface area contributed by atoms with Crippen molar-refractivity contribution in [2.45, 2.75) is 31.8 Å². The van der Waals surface area contributed by atoms with Crippen molar-refractivity contribution in [1.29, 1.82) is 0 Å². The SMILES string of the molecule is CN(CC(=O)N[C@@H]1CCCCNC1=O)Cc1ccc2c(c1)OCO2. The summed E-state index contributed by atoms with van der Waals surface area (Å²) in [5.41, 5.74) is 1.04. The first-order valence-electron chi connectivity index (χ1n) is 8.26. The lowest BCUT2D eigenvalue weighted by atomic mass is 10.1. The van der Waals surface area contributed by atoms with E-state index in [1.165, 1.54) is 0 Å². The number of fused-ring (bicyclic) bond motifs is 1. The van der Waals surface area contributed by atoms with Crippen molar-refractivity contribution in [3.05, 3.63) is 23.8 Å². The molecule has 24 heavy (non-hydrogen) atoms. The Labute approximate surface area is 141 Å². The number of carbonyl (C=O) groups is 2. The summed E-state index contributed by atoms with van der Waals surface area (Å²) < 4.78 is 10.7. The normalized spacial score (nSPS) is 19.8. The van der Waals surface area contributed by atoms with Gasteiger partial charge in [0.1, 0.15) is 6.04 Å². The summed E-state index contributed by atoms with van der Waals surface area (Å²) in [6, 6.07) is 5.34. The molecule has 7 nitrogen and oxygen atoms in total. The summed E-state index contributed by atoms with van der Waals surface area (Å²) >= 11 is 0. The van der Waals surface area contributed by atoms with E-state index in [9.17, 15) is 9.59 Å². The predicted octanol–water partition coefficient (Wildman–Crippen LogP) is 0.632. The van der Waals surface area contributed by atoms with Crippen molar-refractivity contribution in [1.82, 2.24) is 15.5 Å². The Bertz CT molecular complexity index is 620. The van der Waals surface area contributed by atoms with E-state index in [0.717, 1.165) is 29.9 Å². The van der Waals surface area contributed by atoms with Crippen molar-refractivity contribution in [2.75, 3.05) is 26.9 Å². The molecule has 2 aliphatic rings. The van der Waals surface area contributed by atoms with E-state index in [1.807, 2.05) is 30.1 Å². The van der Waals surface area contributed by atoms with Crippen LogP contribution in [0.3, 0.4) is 0 Å². The number of nitrogens with one attached hydrogen (secondary N) is 2. The zero-order valence-corrected chi connectivity index (χ0v) is 13.8.